The van der Waals surface area contributed by atoms with Crippen LogP contribution in [0.2, 0.25) is 10.0 Å². The molecule has 0 spiro atoms. The summed E-state index contributed by atoms with van der Waals surface area (Å²) in [5.74, 6) is 0. The van der Waals surface area contributed by atoms with Gasteiger partial charge in [0.2, 0.25) is 0 Å². The lowest BCUT2D eigenvalue weighted by atomic mass is 9.61. The molecule has 0 heterocycles. The first-order valence-electron chi connectivity index (χ1n) is 6.92. The van der Waals surface area contributed by atoms with Gasteiger partial charge in [0.05, 0.1) is 16.1 Å². The highest BCUT2D eigenvalue weighted by Crippen LogP contribution is 2.47. The second-order valence-electron chi connectivity index (χ2n) is 5.87. The lowest BCUT2D eigenvalue weighted by Gasteiger charge is -2.45. The van der Waals surface area contributed by atoms with Crippen molar-refractivity contribution >= 4 is 23.2 Å². The maximum Gasteiger partial charge on any atom is 0.112 e. The van der Waals surface area contributed by atoms with E-state index in [1.54, 1.807) is 0 Å². The molecule has 1 aliphatic rings. The number of halogens is 2. The summed E-state index contributed by atoms with van der Waals surface area (Å²) in [5.41, 5.74) is 0.998. The predicted octanol–water partition coefficient (Wildman–Crippen LogP) is 2.75. The summed E-state index contributed by atoms with van der Waals surface area (Å²) in [7, 11) is 0. The van der Waals surface area contributed by atoms with Crippen LogP contribution in [0.25, 0.3) is 0 Å². The monoisotopic (exact) mass is 302 g/mol. The van der Waals surface area contributed by atoms with Crippen molar-refractivity contribution in [1.82, 2.24) is 0 Å². The molecule has 0 saturated heterocycles. The van der Waals surface area contributed by atoms with Crippen LogP contribution in [0.5, 0.6) is 0 Å². The molecular weight excluding hydrogens is 281 g/mol. The standard InChI is InChI=1S/C15H21Cl2NO/c1-10(2)18-9-14(19)15(6-3-7-15)11-4-5-12(16)13(17)8-11/h4-5,8,10,14,18-19H,3,6-7,9H2,1-2H3/p+1. The van der Waals surface area contributed by atoms with Crippen LogP contribution in [0.15, 0.2) is 18.2 Å². The normalized spacial score (nSPS) is 19.3. The Morgan fingerprint density at radius 3 is 2.42 bits per heavy atom. The molecule has 4 heteroatoms. The Hall–Kier alpha value is -0.280. The van der Waals surface area contributed by atoms with Crippen molar-refractivity contribution in [3.05, 3.63) is 33.8 Å². The number of quaternary nitrogens is 1. The average Bonchev–Trinajstić information content (AvgIpc) is 2.29. The van der Waals surface area contributed by atoms with Crippen LogP contribution in [-0.2, 0) is 5.41 Å². The smallest absolute Gasteiger partial charge is 0.112 e. The molecule has 3 N–H and O–H groups in total. The minimum Gasteiger partial charge on any atom is -0.386 e. The van der Waals surface area contributed by atoms with Crippen LogP contribution in [0, 0.1) is 0 Å². The highest BCUT2D eigenvalue weighted by atomic mass is 35.5. The van der Waals surface area contributed by atoms with Gasteiger partial charge >= 0.3 is 0 Å². The van der Waals surface area contributed by atoms with E-state index in [1.807, 2.05) is 18.2 Å². The first kappa shape index (κ1) is 15.1. The van der Waals surface area contributed by atoms with Crippen molar-refractivity contribution in [1.29, 1.82) is 0 Å². The SMILES string of the molecule is CC(C)[NH2+]CC(O)C1(c2ccc(Cl)c(Cl)c2)CCC1. The van der Waals surface area contributed by atoms with Crippen LogP contribution >= 0.6 is 23.2 Å². The number of aliphatic hydroxyl groups is 1. The molecule has 0 amide bonds. The van der Waals surface area contributed by atoms with Crippen LogP contribution in [0.3, 0.4) is 0 Å². The van der Waals surface area contributed by atoms with Gasteiger partial charge in [0.15, 0.2) is 0 Å². The summed E-state index contributed by atoms with van der Waals surface area (Å²) in [5, 5.41) is 13.9. The van der Waals surface area contributed by atoms with E-state index in [1.165, 1.54) is 6.42 Å². The van der Waals surface area contributed by atoms with Gasteiger partial charge in [-0.2, -0.15) is 0 Å². The molecule has 1 aromatic rings. The van der Waals surface area contributed by atoms with Gasteiger partial charge in [-0.3, -0.25) is 0 Å². The molecule has 1 aliphatic carbocycles. The third-order valence-corrected chi connectivity index (χ3v) is 4.95. The van der Waals surface area contributed by atoms with Crippen LogP contribution in [0.1, 0.15) is 38.7 Å². The number of nitrogens with two attached hydrogens (primary N) is 1. The zero-order valence-corrected chi connectivity index (χ0v) is 13.0. The summed E-state index contributed by atoms with van der Waals surface area (Å²) in [6.07, 6.45) is 2.88. The number of aliphatic hydroxyl groups excluding tert-OH is 1. The Labute approximate surface area is 125 Å². The third-order valence-electron chi connectivity index (χ3n) is 4.21. The summed E-state index contributed by atoms with van der Waals surface area (Å²) in [4.78, 5) is 0. The maximum atomic E-state index is 10.6. The molecular formula is C15H22Cl2NO+. The molecule has 1 aromatic carbocycles. The van der Waals surface area contributed by atoms with Gasteiger partial charge in [-0.05, 0) is 44.4 Å². The van der Waals surface area contributed by atoms with Gasteiger partial charge in [0.1, 0.15) is 12.6 Å². The second kappa shape index (κ2) is 6.01. The topological polar surface area (TPSA) is 36.8 Å². The Balaban J connectivity index is 2.19. The van der Waals surface area contributed by atoms with Gasteiger partial charge in [0.25, 0.3) is 0 Å². The number of hydrogen-bond acceptors (Lipinski definition) is 1. The van der Waals surface area contributed by atoms with Gasteiger partial charge in [-0.1, -0.05) is 35.7 Å². The molecule has 106 valence electrons. The van der Waals surface area contributed by atoms with Crippen LogP contribution in [-0.4, -0.2) is 23.8 Å². The van der Waals surface area contributed by atoms with E-state index < -0.39 is 0 Å². The van der Waals surface area contributed by atoms with Crippen molar-refractivity contribution in [3.8, 4) is 0 Å². The van der Waals surface area contributed by atoms with Gasteiger partial charge in [-0.15, -0.1) is 0 Å². The zero-order chi connectivity index (χ0) is 14.0. The van der Waals surface area contributed by atoms with E-state index >= 15 is 0 Å². The molecule has 1 unspecified atom stereocenters. The zero-order valence-electron chi connectivity index (χ0n) is 11.5. The number of benzene rings is 1. The Morgan fingerprint density at radius 1 is 1.26 bits per heavy atom. The third kappa shape index (κ3) is 3.08. The summed E-state index contributed by atoms with van der Waals surface area (Å²) in [6.45, 7) is 5.01. The minimum atomic E-state index is -0.333. The first-order chi connectivity index (χ1) is 8.95. The first-order valence-corrected chi connectivity index (χ1v) is 7.68. The molecule has 19 heavy (non-hydrogen) atoms. The Kier molecular flexibility index (Phi) is 4.78. The quantitative estimate of drug-likeness (QED) is 0.862. The summed E-state index contributed by atoms with van der Waals surface area (Å²) < 4.78 is 0. The van der Waals surface area contributed by atoms with E-state index in [0.717, 1.165) is 24.9 Å². The highest BCUT2D eigenvalue weighted by molar-refractivity contribution is 6.42. The predicted molar refractivity (Wildman–Crippen MR) is 79.9 cm³/mol. The Morgan fingerprint density at radius 2 is 1.95 bits per heavy atom. The van der Waals surface area contributed by atoms with E-state index in [0.29, 0.717) is 16.1 Å². The van der Waals surface area contributed by atoms with E-state index in [9.17, 15) is 5.11 Å². The minimum absolute atomic E-state index is 0.125. The van der Waals surface area contributed by atoms with Crippen molar-refractivity contribution in [2.75, 3.05) is 6.54 Å². The van der Waals surface area contributed by atoms with Gasteiger partial charge in [-0.25, -0.2) is 0 Å². The molecule has 1 fully saturated rings. The lowest BCUT2D eigenvalue weighted by Crippen LogP contribution is -2.91. The van der Waals surface area contributed by atoms with Crippen LogP contribution in [0.4, 0.5) is 0 Å². The summed E-state index contributed by atoms with van der Waals surface area (Å²) in [6, 6.07) is 6.26. The molecule has 2 rings (SSSR count). The van der Waals surface area contributed by atoms with E-state index in [2.05, 4.69) is 19.2 Å². The van der Waals surface area contributed by atoms with Crippen LogP contribution < -0.4 is 5.32 Å². The fourth-order valence-corrected chi connectivity index (χ4v) is 3.10. The van der Waals surface area contributed by atoms with Gasteiger partial charge in [0, 0.05) is 5.41 Å². The van der Waals surface area contributed by atoms with Crippen molar-refractivity contribution < 1.29 is 10.4 Å². The molecule has 0 radical (unpaired) electrons. The molecule has 1 atom stereocenters. The van der Waals surface area contributed by atoms with E-state index in [-0.39, 0.29) is 11.5 Å². The molecule has 0 aliphatic heterocycles. The number of rotatable bonds is 5. The largest absolute Gasteiger partial charge is 0.386 e. The lowest BCUT2D eigenvalue weighted by molar-refractivity contribution is -0.689. The molecule has 1 saturated carbocycles. The molecule has 0 bridgehead atoms. The molecule has 0 aromatic heterocycles. The fourth-order valence-electron chi connectivity index (χ4n) is 2.80. The average molecular weight is 303 g/mol. The fraction of sp³-hybridized carbons (Fsp3) is 0.600. The summed E-state index contributed by atoms with van der Waals surface area (Å²) >= 11 is 12.1. The van der Waals surface area contributed by atoms with Crippen molar-refractivity contribution in [2.45, 2.75) is 50.7 Å². The van der Waals surface area contributed by atoms with Crippen molar-refractivity contribution in [3.63, 3.8) is 0 Å². The molecule has 2 nitrogen and oxygen atoms in total. The highest BCUT2D eigenvalue weighted by Gasteiger charge is 2.45. The maximum absolute atomic E-state index is 10.6. The van der Waals surface area contributed by atoms with E-state index in [4.69, 9.17) is 23.2 Å². The van der Waals surface area contributed by atoms with Crippen molar-refractivity contribution in [2.24, 2.45) is 0 Å². The van der Waals surface area contributed by atoms with Gasteiger partial charge < -0.3 is 10.4 Å². The Bertz CT molecular complexity index is 444. The second-order valence-corrected chi connectivity index (χ2v) is 6.68. The number of hydrogen-bond donors (Lipinski definition) is 2.